The van der Waals surface area contributed by atoms with Gasteiger partial charge in [-0.3, -0.25) is 0 Å². The number of H-pyrrole nitrogens is 1. The second-order valence-electron chi connectivity index (χ2n) is 4.98. The summed E-state index contributed by atoms with van der Waals surface area (Å²) < 4.78 is 0. The van der Waals surface area contributed by atoms with Gasteiger partial charge in [0, 0.05) is 6.04 Å². The lowest BCUT2D eigenvalue weighted by Crippen LogP contribution is -2.37. The van der Waals surface area contributed by atoms with E-state index in [0.29, 0.717) is 6.04 Å². The van der Waals surface area contributed by atoms with Crippen LogP contribution in [0.4, 0.5) is 0 Å². The van der Waals surface area contributed by atoms with Crippen molar-refractivity contribution in [1.82, 2.24) is 9.97 Å². The van der Waals surface area contributed by atoms with Gasteiger partial charge in [0.1, 0.15) is 5.82 Å². The molecule has 0 bridgehead atoms. The number of aromatic amines is 1. The third-order valence-electron chi connectivity index (χ3n) is 3.46. The number of nitrogens with two attached hydrogens (primary N) is 1. The van der Waals surface area contributed by atoms with E-state index in [2.05, 4.69) is 28.2 Å². The van der Waals surface area contributed by atoms with Crippen LogP contribution in [0.25, 0.3) is 11.0 Å². The minimum atomic E-state index is 0.447. The van der Waals surface area contributed by atoms with E-state index in [9.17, 15) is 0 Å². The van der Waals surface area contributed by atoms with Crippen LogP contribution in [0.15, 0.2) is 18.2 Å². The highest BCUT2D eigenvalue weighted by Gasteiger charge is 2.25. The molecule has 1 saturated carbocycles. The molecule has 3 rings (SSSR count). The predicted molar refractivity (Wildman–Crippen MR) is 65.2 cm³/mol. The molecule has 1 aliphatic carbocycles. The van der Waals surface area contributed by atoms with E-state index in [0.717, 1.165) is 29.2 Å². The van der Waals surface area contributed by atoms with Crippen LogP contribution in [-0.4, -0.2) is 16.0 Å². The van der Waals surface area contributed by atoms with Gasteiger partial charge in [0.05, 0.1) is 11.0 Å². The number of imidazole rings is 1. The molecule has 0 radical (unpaired) electrons. The summed E-state index contributed by atoms with van der Waals surface area (Å²) in [7, 11) is 0. The number of nitrogens with one attached hydrogen (secondary N) is 1. The first kappa shape index (κ1) is 9.85. The number of nitrogens with zero attached hydrogens (tertiary/aromatic N) is 1. The van der Waals surface area contributed by atoms with Crippen LogP contribution in [0.2, 0.25) is 0 Å². The fraction of sp³-hybridized carbons (Fsp3) is 0.462. The largest absolute Gasteiger partial charge is 0.342 e. The molecule has 1 fully saturated rings. The maximum absolute atomic E-state index is 5.80. The van der Waals surface area contributed by atoms with E-state index in [1.54, 1.807) is 0 Å². The Balaban J connectivity index is 1.82. The van der Waals surface area contributed by atoms with Crippen LogP contribution in [0.5, 0.6) is 0 Å². The third kappa shape index (κ3) is 1.71. The standard InChI is InChI=1S/C13H17N3/c1-8-15-12-3-2-9(7-13(12)16-8)4-10-5-11(14)6-10/h2-3,7,10-11H,4-6,14H2,1H3,(H,15,16). The molecule has 2 aromatic rings. The summed E-state index contributed by atoms with van der Waals surface area (Å²) in [5.74, 6) is 1.77. The van der Waals surface area contributed by atoms with Crippen LogP contribution < -0.4 is 5.73 Å². The Kier molecular flexibility index (Phi) is 2.21. The van der Waals surface area contributed by atoms with Gasteiger partial charge in [-0.2, -0.15) is 0 Å². The molecule has 0 amide bonds. The molecule has 1 aromatic heterocycles. The highest BCUT2D eigenvalue weighted by molar-refractivity contribution is 5.75. The van der Waals surface area contributed by atoms with Gasteiger partial charge in [-0.15, -0.1) is 0 Å². The Morgan fingerprint density at radius 3 is 3.00 bits per heavy atom. The quantitative estimate of drug-likeness (QED) is 0.806. The Labute approximate surface area is 95.1 Å². The van der Waals surface area contributed by atoms with Crippen molar-refractivity contribution in [3.05, 3.63) is 29.6 Å². The fourth-order valence-corrected chi connectivity index (χ4v) is 2.60. The Morgan fingerprint density at radius 2 is 2.25 bits per heavy atom. The van der Waals surface area contributed by atoms with Crippen molar-refractivity contribution in [1.29, 1.82) is 0 Å². The van der Waals surface area contributed by atoms with E-state index < -0.39 is 0 Å². The number of aryl methyl sites for hydroxylation is 1. The van der Waals surface area contributed by atoms with Crippen molar-refractivity contribution in [3.8, 4) is 0 Å². The zero-order chi connectivity index (χ0) is 11.1. The Morgan fingerprint density at radius 1 is 1.44 bits per heavy atom. The van der Waals surface area contributed by atoms with Gasteiger partial charge in [0.15, 0.2) is 0 Å². The first-order valence-electron chi connectivity index (χ1n) is 5.91. The molecular weight excluding hydrogens is 198 g/mol. The maximum Gasteiger partial charge on any atom is 0.104 e. The van der Waals surface area contributed by atoms with Crippen LogP contribution in [0.3, 0.4) is 0 Å². The SMILES string of the molecule is Cc1nc2ccc(CC3CC(N)C3)cc2[nH]1. The van der Waals surface area contributed by atoms with Crippen LogP contribution in [0, 0.1) is 12.8 Å². The first-order chi connectivity index (χ1) is 7.70. The number of benzene rings is 1. The molecule has 0 saturated heterocycles. The smallest absolute Gasteiger partial charge is 0.104 e. The van der Waals surface area contributed by atoms with E-state index >= 15 is 0 Å². The van der Waals surface area contributed by atoms with Crippen LogP contribution in [-0.2, 0) is 6.42 Å². The normalized spacial score (nSPS) is 24.6. The van der Waals surface area contributed by atoms with E-state index in [-0.39, 0.29) is 0 Å². The molecule has 1 aliphatic rings. The zero-order valence-corrected chi connectivity index (χ0v) is 9.53. The predicted octanol–water partition coefficient (Wildman–Crippen LogP) is 2.15. The average Bonchev–Trinajstić information content (AvgIpc) is 2.55. The molecule has 84 valence electrons. The molecule has 0 atom stereocenters. The van der Waals surface area contributed by atoms with E-state index in [1.165, 1.54) is 18.4 Å². The molecule has 3 N–H and O–H groups in total. The molecule has 0 aliphatic heterocycles. The molecular formula is C13H17N3. The molecule has 0 spiro atoms. The molecule has 3 nitrogen and oxygen atoms in total. The summed E-state index contributed by atoms with van der Waals surface area (Å²) in [4.78, 5) is 7.69. The second kappa shape index (κ2) is 3.59. The van der Waals surface area contributed by atoms with Crippen LogP contribution in [0.1, 0.15) is 24.2 Å². The first-order valence-corrected chi connectivity index (χ1v) is 5.91. The van der Waals surface area contributed by atoms with Gasteiger partial charge < -0.3 is 10.7 Å². The number of rotatable bonds is 2. The lowest BCUT2D eigenvalue weighted by molar-refractivity contribution is 0.264. The molecule has 3 heteroatoms. The van der Waals surface area contributed by atoms with Gasteiger partial charge in [0.25, 0.3) is 0 Å². The van der Waals surface area contributed by atoms with Gasteiger partial charge in [0.2, 0.25) is 0 Å². The minimum Gasteiger partial charge on any atom is -0.342 e. The van der Waals surface area contributed by atoms with Crippen molar-refractivity contribution in [3.63, 3.8) is 0 Å². The topological polar surface area (TPSA) is 54.7 Å². The Bertz CT molecular complexity index is 509. The monoisotopic (exact) mass is 215 g/mol. The molecule has 0 unspecified atom stereocenters. The minimum absolute atomic E-state index is 0.447. The summed E-state index contributed by atoms with van der Waals surface area (Å²) in [5.41, 5.74) is 9.41. The van der Waals surface area contributed by atoms with Gasteiger partial charge >= 0.3 is 0 Å². The molecule has 1 aromatic carbocycles. The summed E-state index contributed by atoms with van der Waals surface area (Å²) in [6.07, 6.45) is 3.52. The van der Waals surface area contributed by atoms with Gasteiger partial charge in [-0.1, -0.05) is 6.07 Å². The second-order valence-corrected chi connectivity index (χ2v) is 4.98. The van der Waals surface area contributed by atoms with Gasteiger partial charge in [-0.05, 0) is 49.8 Å². The summed E-state index contributed by atoms with van der Waals surface area (Å²) in [6.45, 7) is 1.99. The maximum atomic E-state index is 5.80. The van der Waals surface area contributed by atoms with Crippen molar-refractivity contribution in [2.75, 3.05) is 0 Å². The number of hydrogen-bond donors (Lipinski definition) is 2. The third-order valence-corrected chi connectivity index (χ3v) is 3.46. The van der Waals surface area contributed by atoms with Crippen LogP contribution >= 0.6 is 0 Å². The van der Waals surface area contributed by atoms with Crippen molar-refractivity contribution < 1.29 is 0 Å². The lowest BCUT2D eigenvalue weighted by atomic mass is 9.77. The van der Waals surface area contributed by atoms with E-state index in [4.69, 9.17) is 5.73 Å². The number of hydrogen-bond acceptors (Lipinski definition) is 2. The Hall–Kier alpha value is -1.35. The van der Waals surface area contributed by atoms with Crippen molar-refractivity contribution >= 4 is 11.0 Å². The highest BCUT2D eigenvalue weighted by atomic mass is 14.9. The average molecular weight is 215 g/mol. The van der Waals surface area contributed by atoms with Gasteiger partial charge in [-0.25, -0.2) is 4.98 Å². The summed E-state index contributed by atoms with van der Waals surface area (Å²) >= 11 is 0. The summed E-state index contributed by atoms with van der Waals surface area (Å²) in [6, 6.07) is 6.96. The number of fused-ring (bicyclic) bond motifs is 1. The van der Waals surface area contributed by atoms with Crippen molar-refractivity contribution in [2.45, 2.75) is 32.2 Å². The fourth-order valence-electron chi connectivity index (χ4n) is 2.60. The van der Waals surface area contributed by atoms with Crippen molar-refractivity contribution in [2.24, 2.45) is 11.7 Å². The summed E-state index contributed by atoms with van der Waals surface area (Å²) in [5, 5.41) is 0. The molecule has 16 heavy (non-hydrogen) atoms. The van der Waals surface area contributed by atoms with E-state index in [1.807, 2.05) is 6.92 Å². The zero-order valence-electron chi connectivity index (χ0n) is 9.53. The molecule has 1 heterocycles. The number of aromatic nitrogens is 2. The highest BCUT2D eigenvalue weighted by Crippen LogP contribution is 2.29. The lowest BCUT2D eigenvalue weighted by Gasteiger charge is -2.32.